The van der Waals surface area contributed by atoms with E-state index in [1.54, 1.807) is 6.92 Å². The Hall–Kier alpha value is -1.48. The van der Waals surface area contributed by atoms with Crippen molar-refractivity contribution in [2.24, 2.45) is 5.16 Å². The summed E-state index contributed by atoms with van der Waals surface area (Å²) in [6, 6.07) is 3.77. The number of sulfonamides is 1. The van der Waals surface area contributed by atoms with Crippen LogP contribution < -0.4 is 4.72 Å². The van der Waals surface area contributed by atoms with Gasteiger partial charge >= 0.3 is 15.5 Å². The van der Waals surface area contributed by atoms with Crippen molar-refractivity contribution in [3.05, 3.63) is 28.8 Å². The van der Waals surface area contributed by atoms with E-state index in [0.717, 1.165) is 18.9 Å². The third-order valence-electron chi connectivity index (χ3n) is 2.94. The van der Waals surface area contributed by atoms with Crippen molar-refractivity contribution in [1.29, 1.82) is 0 Å². The Morgan fingerprint density at radius 2 is 2.00 bits per heavy atom. The number of rotatable bonds is 8. The van der Waals surface area contributed by atoms with Gasteiger partial charge in [0.25, 0.3) is 0 Å². The highest BCUT2D eigenvalue weighted by Gasteiger charge is 2.46. The molecule has 136 valence electrons. The summed E-state index contributed by atoms with van der Waals surface area (Å²) >= 11 is 5.87. The zero-order valence-electron chi connectivity index (χ0n) is 13.2. The van der Waals surface area contributed by atoms with E-state index in [0.29, 0.717) is 13.0 Å². The lowest BCUT2D eigenvalue weighted by atomic mass is 10.1. The summed E-state index contributed by atoms with van der Waals surface area (Å²) in [5, 5.41) is 4.12. The van der Waals surface area contributed by atoms with Gasteiger partial charge in [-0.3, -0.25) is 4.72 Å². The Morgan fingerprint density at radius 3 is 2.54 bits per heavy atom. The van der Waals surface area contributed by atoms with E-state index in [9.17, 15) is 21.6 Å². The highest BCUT2D eigenvalue weighted by atomic mass is 35.5. The van der Waals surface area contributed by atoms with E-state index in [2.05, 4.69) is 5.16 Å². The second-order valence-electron chi connectivity index (χ2n) is 4.82. The molecule has 1 aromatic rings. The predicted molar refractivity (Wildman–Crippen MR) is 87.7 cm³/mol. The van der Waals surface area contributed by atoms with Crippen LogP contribution in [0.2, 0.25) is 5.02 Å². The topological polar surface area (TPSA) is 67.8 Å². The molecule has 0 saturated carbocycles. The maximum Gasteiger partial charge on any atom is 0.516 e. The van der Waals surface area contributed by atoms with Crippen LogP contribution in [-0.2, 0) is 14.9 Å². The molecule has 0 saturated heterocycles. The molecule has 1 rings (SSSR count). The molecule has 10 heteroatoms. The number of benzene rings is 1. The highest BCUT2D eigenvalue weighted by molar-refractivity contribution is 7.93. The number of nitrogens with one attached hydrogen (secondary N) is 1. The van der Waals surface area contributed by atoms with Crippen LogP contribution >= 0.6 is 11.6 Å². The van der Waals surface area contributed by atoms with Gasteiger partial charge in [0.15, 0.2) is 0 Å². The Balaban J connectivity index is 3.20. The van der Waals surface area contributed by atoms with Gasteiger partial charge in [-0.1, -0.05) is 37.0 Å². The fourth-order valence-electron chi connectivity index (χ4n) is 1.68. The van der Waals surface area contributed by atoms with Gasteiger partial charge in [-0.25, -0.2) is 0 Å². The summed E-state index contributed by atoms with van der Waals surface area (Å²) in [5.74, 6) is 0. The van der Waals surface area contributed by atoms with Crippen molar-refractivity contribution in [2.75, 3.05) is 11.3 Å². The van der Waals surface area contributed by atoms with Crippen molar-refractivity contribution in [3.63, 3.8) is 0 Å². The predicted octanol–water partition coefficient (Wildman–Crippen LogP) is 4.53. The first-order chi connectivity index (χ1) is 11.1. The average molecular weight is 387 g/mol. The minimum atomic E-state index is -5.55. The molecule has 0 aliphatic rings. The van der Waals surface area contributed by atoms with E-state index in [-0.39, 0.29) is 22.0 Å². The normalized spacial score (nSPS) is 13.0. The molecule has 0 unspecified atom stereocenters. The minimum absolute atomic E-state index is 0.134. The van der Waals surface area contributed by atoms with Gasteiger partial charge in [-0.2, -0.15) is 21.6 Å². The number of hydrogen-bond donors (Lipinski definition) is 1. The van der Waals surface area contributed by atoms with Gasteiger partial charge in [0.1, 0.15) is 6.61 Å². The largest absolute Gasteiger partial charge is 0.516 e. The molecule has 5 nitrogen and oxygen atoms in total. The average Bonchev–Trinajstić information content (AvgIpc) is 2.48. The Kier molecular flexibility index (Phi) is 7.34. The van der Waals surface area contributed by atoms with Crippen LogP contribution in [0.4, 0.5) is 18.9 Å². The monoisotopic (exact) mass is 386 g/mol. The highest BCUT2D eigenvalue weighted by Crippen LogP contribution is 2.29. The third-order valence-corrected chi connectivity index (χ3v) is 4.27. The maximum absolute atomic E-state index is 12.6. The summed E-state index contributed by atoms with van der Waals surface area (Å²) < 4.78 is 61.9. The van der Waals surface area contributed by atoms with Crippen LogP contribution in [0, 0.1) is 0 Å². The molecule has 0 amide bonds. The van der Waals surface area contributed by atoms with Gasteiger partial charge in [-0.05, 0) is 31.0 Å². The lowest BCUT2D eigenvalue weighted by molar-refractivity contribution is -0.0429. The second-order valence-corrected chi connectivity index (χ2v) is 6.93. The molecule has 0 aliphatic heterocycles. The molecule has 0 spiro atoms. The van der Waals surface area contributed by atoms with Crippen LogP contribution in [0.25, 0.3) is 0 Å². The number of nitrogens with zero attached hydrogens (tertiary/aromatic N) is 1. The van der Waals surface area contributed by atoms with Crippen molar-refractivity contribution < 1.29 is 26.4 Å². The quantitative estimate of drug-likeness (QED) is 0.405. The Morgan fingerprint density at radius 1 is 1.33 bits per heavy atom. The fourth-order valence-corrected chi connectivity index (χ4v) is 2.44. The fraction of sp³-hybridized carbons (Fsp3) is 0.500. The number of alkyl halides is 3. The number of anilines is 1. The molecule has 1 aromatic carbocycles. The molecule has 0 fully saturated rings. The van der Waals surface area contributed by atoms with Crippen molar-refractivity contribution >= 4 is 33.0 Å². The van der Waals surface area contributed by atoms with Gasteiger partial charge in [-0.15, -0.1) is 0 Å². The van der Waals surface area contributed by atoms with E-state index < -0.39 is 15.5 Å². The molecule has 0 atom stereocenters. The Bertz CT molecular complexity index is 691. The summed E-state index contributed by atoms with van der Waals surface area (Å²) in [7, 11) is -5.55. The standard InChI is InChI=1S/C14H18ClF3N2O3S/c1-3-5-8-23-19-12(4-2)11-9-10(15)6-7-13(11)20-24(21,22)14(16,17)18/h6-7,9,20H,3-5,8H2,1-2H3. The van der Waals surface area contributed by atoms with Crippen LogP contribution in [-0.4, -0.2) is 26.2 Å². The SMILES string of the molecule is CCCCON=C(CC)c1cc(Cl)ccc1NS(=O)(=O)C(F)(F)F. The van der Waals surface area contributed by atoms with Crippen molar-refractivity contribution in [1.82, 2.24) is 0 Å². The summed E-state index contributed by atoms with van der Waals surface area (Å²) in [6.07, 6.45) is 1.97. The molecular weight excluding hydrogens is 369 g/mol. The summed E-state index contributed by atoms with van der Waals surface area (Å²) in [5.41, 5.74) is -5.27. The maximum atomic E-state index is 12.6. The van der Waals surface area contributed by atoms with Gasteiger partial charge in [0, 0.05) is 10.6 Å². The Labute approximate surface area is 143 Å². The molecule has 0 bridgehead atoms. The summed E-state index contributed by atoms with van der Waals surface area (Å²) in [6.45, 7) is 4.03. The van der Waals surface area contributed by atoms with Gasteiger partial charge in [0.05, 0.1) is 11.4 Å². The van der Waals surface area contributed by atoms with Crippen LogP contribution in [0.5, 0.6) is 0 Å². The molecule has 1 N–H and O–H groups in total. The minimum Gasteiger partial charge on any atom is -0.396 e. The van der Waals surface area contributed by atoms with E-state index >= 15 is 0 Å². The lowest BCUT2D eigenvalue weighted by Crippen LogP contribution is -2.30. The second kappa shape index (κ2) is 8.57. The molecular formula is C14H18ClF3N2O3S. The molecule has 0 aromatic heterocycles. The third kappa shape index (κ3) is 5.55. The first-order valence-corrected chi connectivity index (χ1v) is 9.06. The van der Waals surface area contributed by atoms with Crippen LogP contribution in [0.3, 0.4) is 0 Å². The first-order valence-electron chi connectivity index (χ1n) is 7.20. The molecule has 0 aliphatic carbocycles. The molecule has 24 heavy (non-hydrogen) atoms. The number of unbranched alkanes of at least 4 members (excludes halogenated alkanes) is 1. The number of oxime groups is 1. The smallest absolute Gasteiger partial charge is 0.396 e. The molecule has 0 heterocycles. The first kappa shape index (κ1) is 20.6. The zero-order valence-corrected chi connectivity index (χ0v) is 14.7. The van der Waals surface area contributed by atoms with Gasteiger partial charge in [0.2, 0.25) is 0 Å². The van der Waals surface area contributed by atoms with Crippen LogP contribution in [0.1, 0.15) is 38.7 Å². The van der Waals surface area contributed by atoms with E-state index in [1.807, 2.05) is 6.92 Å². The number of hydrogen-bond acceptors (Lipinski definition) is 4. The number of halogens is 4. The van der Waals surface area contributed by atoms with Crippen molar-refractivity contribution in [2.45, 2.75) is 38.6 Å². The lowest BCUT2D eigenvalue weighted by Gasteiger charge is -2.15. The van der Waals surface area contributed by atoms with Crippen molar-refractivity contribution in [3.8, 4) is 0 Å². The van der Waals surface area contributed by atoms with Gasteiger partial charge < -0.3 is 4.84 Å². The molecule has 0 radical (unpaired) electrons. The van der Waals surface area contributed by atoms with Crippen LogP contribution in [0.15, 0.2) is 23.4 Å². The zero-order chi connectivity index (χ0) is 18.4. The summed E-state index contributed by atoms with van der Waals surface area (Å²) in [4.78, 5) is 5.12. The van der Waals surface area contributed by atoms with E-state index in [1.165, 1.54) is 16.9 Å². The van der Waals surface area contributed by atoms with E-state index in [4.69, 9.17) is 16.4 Å².